The van der Waals surface area contributed by atoms with Crippen LogP contribution in [0.15, 0.2) is 39.8 Å². The maximum Gasteiger partial charge on any atom is 0.307 e. The van der Waals surface area contributed by atoms with Gasteiger partial charge in [0.2, 0.25) is 0 Å². The van der Waals surface area contributed by atoms with Crippen molar-refractivity contribution in [3.05, 3.63) is 47.3 Å². The number of carbonyl (C=O) groups is 1. The third kappa shape index (κ3) is 3.45. The molecule has 20 heavy (non-hydrogen) atoms. The van der Waals surface area contributed by atoms with E-state index in [0.29, 0.717) is 17.0 Å². The van der Waals surface area contributed by atoms with E-state index >= 15 is 0 Å². The molecule has 7 heteroatoms. The summed E-state index contributed by atoms with van der Waals surface area (Å²) < 4.78 is 29.1. The van der Waals surface area contributed by atoms with E-state index in [1.54, 1.807) is 13.0 Å². The highest BCUT2D eigenvalue weighted by molar-refractivity contribution is 7.90. The van der Waals surface area contributed by atoms with E-state index in [0.717, 1.165) is 0 Å². The van der Waals surface area contributed by atoms with Crippen LogP contribution < -0.4 is 0 Å². The molecule has 1 aromatic heterocycles. The SMILES string of the molecule is Cc1cc(CS(=O)(=O)c2ccc(CC(=O)O)cc2)no1. The number of sulfone groups is 1. The van der Waals surface area contributed by atoms with Crippen molar-refractivity contribution < 1.29 is 22.8 Å². The number of rotatable bonds is 5. The fourth-order valence-electron chi connectivity index (χ4n) is 1.75. The summed E-state index contributed by atoms with van der Waals surface area (Å²) in [4.78, 5) is 10.7. The summed E-state index contributed by atoms with van der Waals surface area (Å²) >= 11 is 0. The summed E-state index contributed by atoms with van der Waals surface area (Å²) in [7, 11) is -3.52. The largest absolute Gasteiger partial charge is 0.481 e. The molecule has 0 amide bonds. The third-order valence-corrected chi connectivity index (χ3v) is 4.32. The minimum atomic E-state index is -3.52. The highest BCUT2D eigenvalue weighted by Gasteiger charge is 2.17. The molecule has 2 rings (SSSR count). The van der Waals surface area contributed by atoms with Crippen molar-refractivity contribution >= 4 is 15.8 Å². The van der Waals surface area contributed by atoms with Gasteiger partial charge in [0.05, 0.1) is 17.0 Å². The van der Waals surface area contributed by atoms with Crippen LogP contribution in [0.1, 0.15) is 17.0 Å². The number of carboxylic acids is 1. The lowest BCUT2D eigenvalue weighted by atomic mass is 10.2. The first-order valence-corrected chi connectivity index (χ1v) is 7.48. The zero-order chi connectivity index (χ0) is 14.8. The molecule has 0 radical (unpaired) electrons. The van der Waals surface area contributed by atoms with Crippen LogP contribution in [0.3, 0.4) is 0 Å². The van der Waals surface area contributed by atoms with Crippen molar-refractivity contribution in [3.8, 4) is 0 Å². The summed E-state index contributed by atoms with van der Waals surface area (Å²) in [6, 6.07) is 7.36. The quantitative estimate of drug-likeness (QED) is 0.899. The predicted molar refractivity (Wildman–Crippen MR) is 69.9 cm³/mol. The molecule has 1 aromatic carbocycles. The normalized spacial score (nSPS) is 11.4. The molecular formula is C13H13NO5S. The second kappa shape index (κ2) is 5.46. The minimum absolute atomic E-state index is 0.132. The maximum atomic E-state index is 12.1. The smallest absolute Gasteiger partial charge is 0.307 e. The molecule has 0 bridgehead atoms. The van der Waals surface area contributed by atoms with Gasteiger partial charge in [-0.2, -0.15) is 0 Å². The van der Waals surface area contributed by atoms with Crippen LogP contribution in [0, 0.1) is 6.92 Å². The van der Waals surface area contributed by atoms with Crippen molar-refractivity contribution in [2.45, 2.75) is 24.0 Å². The lowest BCUT2D eigenvalue weighted by molar-refractivity contribution is -0.136. The second-order valence-electron chi connectivity index (χ2n) is 4.40. The zero-order valence-corrected chi connectivity index (χ0v) is 11.6. The molecule has 0 atom stereocenters. The van der Waals surface area contributed by atoms with Gasteiger partial charge < -0.3 is 9.63 Å². The van der Waals surface area contributed by atoms with Crippen LogP contribution in [0.2, 0.25) is 0 Å². The lowest BCUT2D eigenvalue weighted by Crippen LogP contribution is -2.06. The van der Waals surface area contributed by atoms with Gasteiger partial charge in [-0.1, -0.05) is 17.3 Å². The number of hydrogen-bond donors (Lipinski definition) is 1. The summed E-state index contributed by atoms with van der Waals surface area (Å²) in [6.45, 7) is 1.68. The maximum absolute atomic E-state index is 12.1. The Kier molecular flexibility index (Phi) is 3.89. The van der Waals surface area contributed by atoms with E-state index in [-0.39, 0.29) is 17.1 Å². The second-order valence-corrected chi connectivity index (χ2v) is 6.39. The number of benzene rings is 1. The van der Waals surface area contributed by atoms with Gasteiger partial charge in [0.1, 0.15) is 11.5 Å². The number of aromatic nitrogens is 1. The number of hydrogen-bond acceptors (Lipinski definition) is 5. The third-order valence-electron chi connectivity index (χ3n) is 2.65. The highest BCUT2D eigenvalue weighted by atomic mass is 32.2. The molecule has 1 heterocycles. The van der Waals surface area contributed by atoms with E-state index in [2.05, 4.69) is 5.16 Å². The van der Waals surface area contributed by atoms with Crippen molar-refractivity contribution in [3.63, 3.8) is 0 Å². The summed E-state index contributed by atoms with van der Waals surface area (Å²) in [5.41, 5.74) is 0.894. The Morgan fingerprint density at radius 1 is 1.30 bits per heavy atom. The molecule has 2 aromatic rings. The molecular weight excluding hydrogens is 282 g/mol. The van der Waals surface area contributed by atoms with Gasteiger partial charge in [0, 0.05) is 6.07 Å². The standard InChI is InChI=1S/C13H13NO5S/c1-9-6-11(14-19-9)8-20(17,18)12-4-2-10(3-5-12)7-13(15)16/h2-6H,7-8H2,1H3,(H,15,16). The summed E-state index contributed by atoms with van der Waals surface area (Å²) in [6.07, 6.45) is -0.136. The van der Waals surface area contributed by atoms with Crippen LogP contribution in [0.4, 0.5) is 0 Å². The number of nitrogens with zero attached hydrogens (tertiary/aromatic N) is 1. The topological polar surface area (TPSA) is 97.5 Å². The Bertz CT molecular complexity index is 715. The molecule has 0 spiro atoms. The van der Waals surface area contributed by atoms with Crippen LogP contribution in [0.5, 0.6) is 0 Å². The first kappa shape index (κ1) is 14.3. The van der Waals surface area contributed by atoms with Crippen molar-refractivity contribution in [2.75, 3.05) is 0 Å². The molecule has 0 aliphatic rings. The fraction of sp³-hybridized carbons (Fsp3) is 0.231. The van der Waals surface area contributed by atoms with E-state index in [4.69, 9.17) is 9.63 Å². The average Bonchev–Trinajstić information content (AvgIpc) is 2.74. The molecule has 6 nitrogen and oxygen atoms in total. The Balaban J connectivity index is 2.19. The van der Waals surface area contributed by atoms with Gasteiger partial charge in [0.15, 0.2) is 9.84 Å². The van der Waals surface area contributed by atoms with Gasteiger partial charge in [0.25, 0.3) is 0 Å². The van der Waals surface area contributed by atoms with Gasteiger partial charge in [-0.15, -0.1) is 0 Å². The van der Waals surface area contributed by atoms with E-state index in [9.17, 15) is 13.2 Å². The van der Waals surface area contributed by atoms with Crippen molar-refractivity contribution in [1.82, 2.24) is 5.16 Å². The Morgan fingerprint density at radius 3 is 2.45 bits per heavy atom. The Morgan fingerprint density at radius 2 is 1.95 bits per heavy atom. The number of aryl methyl sites for hydroxylation is 1. The summed E-state index contributed by atoms with van der Waals surface area (Å²) in [5.74, 6) is -0.659. The predicted octanol–water partition coefficient (Wildman–Crippen LogP) is 1.58. The highest BCUT2D eigenvalue weighted by Crippen LogP contribution is 2.17. The van der Waals surface area contributed by atoms with E-state index in [1.165, 1.54) is 24.3 Å². The fourth-order valence-corrected chi connectivity index (χ4v) is 3.00. The Labute approximate surface area is 115 Å². The molecule has 1 N–H and O–H groups in total. The monoisotopic (exact) mass is 295 g/mol. The van der Waals surface area contributed by atoms with Crippen LogP contribution in [0.25, 0.3) is 0 Å². The first-order chi connectivity index (χ1) is 9.37. The van der Waals surface area contributed by atoms with Crippen LogP contribution in [-0.2, 0) is 26.8 Å². The number of carboxylic acid groups (broad SMARTS) is 1. The lowest BCUT2D eigenvalue weighted by Gasteiger charge is -2.03. The Hall–Kier alpha value is -2.15. The van der Waals surface area contributed by atoms with Crippen LogP contribution in [-0.4, -0.2) is 24.7 Å². The van der Waals surface area contributed by atoms with Gasteiger partial charge >= 0.3 is 5.97 Å². The molecule has 0 aliphatic heterocycles. The molecule has 0 saturated carbocycles. The molecule has 0 fully saturated rings. The van der Waals surface area contributed by atoms with E-state index in [1.807, 2.05) is 0 Å². The van der Waals surface area contributed by atoms with Gasteiger partial charge in [-0.25, -0.2) is 8.42 Å². The van der Waals surface area contributed by atoms with Crippen molar-refractivity contribution in [2.24, 2.45) is 0 Å². The molecule has 0 saturated heterocycles. The zero-order valence-electron chi connectivity index (χ0n) is 10.7. The molecule has 106 valence electrons. The van der Waals surface area contributed by atoms with Gasteiger partial charge in [-0.3, -0.25) is 4.79 Å². The van der Waals surface area contributed by atoms with Gasteiger partial charge in [-0.05, 0) is 24.6 Å². The first-order valence-electron chi connectivity index (χ1n) is 5.82. The van der Waals surface area contributed by atoms with Crippen molar-refractivity contribution in [1.29, 1.82) is 0 Å². The number of aliphatic carboxylic acids is 1. The van der Waals surface area contributed by atoms with Crippen LogP contribution >= 0.6 is 0 Å². The molecule has 0 unspecified atom stereocenters. The average molecular weight is 295 g/mol. The summed E-state index contributed by atoms with van der Waals surface area (Å²) in [5, 5.41) is 12.3. The molecule has 0 aliphatic carbocycles. The van der Waals surface area contributed by atoms with E-state index < -0.39 is 15.8 Å². The minimum Gasteiger partial charge on any atom is -0.481 e.